The quantitative estimate of drug-likeness (QED) is 0.712. The van der Waals surface area contributed by atoms with Crippen molar-refractivity contribution in [3.63, 3.8) is 0 Å². The van der Waals surface area contributed by atoms with Gasteiger partial charge in [-0.05, 0) is 35.9 Å². The van der Waals surface area contributed by atoms with Gasteiger partial charge in [-0.25, -0.2) is 10.2 Å². The molecule has 0 saturated carbocycles. The lowest BCUT2D eigenvalue weighted by Gasteiger charge is -2.11. The van der Waals surface area contributed by atoms with Crippen LogP contribution in [0.3, 0.4) is 0 Å². The van der Waals surface area contributed by atoms with Crippen LogP contribution in [0.4, 0.5) is 4.79 Å². The first-order valence-corrected chi connectivity index (χ1v) is 7.72. The fourth-order valence-electron chi connectivity index (χ4n) is 1.99. The van der Waals surface area contributed by atoms with Gasteiger partial charge in [0.1, 0.15) is 0 Å². The van der Waals surface area contributed by atoms with Crippen LogP contribution in [-0.2, 0) is 6.54 Å². The summed E-state index contributed by atoms with van der Waals surface area (Å²) in [4.78, 5) is 23.8. The van der Waals surface area contributed by atoms with Crippen molar-refractivity contribution in [1.29, 1.82) is 0 Å². The molecule has 0 saturated heterocycles. The number of ether oxygens (including phenoxy) is 2. The Hall–Kier alpha value is -2.93. The molecule has 0 radical (unpaired) electrons. The number of hydrazine groups is 1. The van der Waals surface area contributed by atoms with Crippen LogP contribution in [-0.4, -0.2) is 26.2 Å². The Morgan fingerprint density at radius 3 is 2.28 bits per heavy atom. The molecule has 25 heavy (non-hydrogen) atoms. The molecule has 132 valence electrons. The molecule has 0 aliphatic carbocycles. The molecule has 0 heterocycles. The molecular weight excluding hydrogens is 346 g/mol. The summed E-state index contributed by atoms with van der Waals surface area (Å²) in [6, 6.07) is 11.2. The first-order chi connectivity index (χ1) is 12.0. The van der Waals surface area contributed by atoms with Gasteiger partial charge >= 0.3 is 6.03 Å². The molecular formula is C17H18ClN3O4. The second-order valence-corrected chi connectivity index (χ2v) is 5.39. The maximum absolute atomic E-state index is 12.1. The summed E-state index contributed by atoms with van der Waals surface area (Å²) in [5.74, 6) is 0.442. The zero-order chi connectivity index (χ0) is 18.2. The number of urea groups is 1. The number of halogens is 1. The predicted molar refractivity (Wildman–Crippen MR) is 93.8 cm³/mol. The lowest BCUT2D eigenvalue weighted by molar-refractivity contribution is 0.0936. The Balaban J connectivity index is 1.84. The molecule has 7 nitrogen and oxygen atoms in total. The zero-order valence-corrected chi connectivity index (χ0v) is 14.5. The minimum absolute atomic E-state index is 0.301. The molecule has 0 aliphatic heterocycles. The van der Waals surface area contributed by atoms with Crippen LogP contribution in [0.5, 0.6) is 11.5 Å². The Morgan fingerprint density at radius 2 is 1.64 bits per heavy atom. The Kier molecular flexibility index (Phi) is 6.47. The molecule has 0 aliphatic rings. The van der Waals surface area contributed by atoms with E-state index in [-0.39, 0.29) is 0 Å². The number of amides is 3. The van der Waals surface area contributed by atoms with Gasteiger partial charge in [0.25, 0.3) is 5.91 Å². The van der Waals surface area contributed by atoms with E-state index < -0.39 is 11.9 Å². The van der Waals surface area contributed by atoms with Crippen LogP contribution >= 0.6 is 11.6 Å². The summed E-state index contributed by atoms with van der Waals surface area (Å²) in [5.41, 5.74) is 5.79. The molecule has 0 fully saturated rings. The summed E-state index contributed by atoms with van der Waals surface area (Å²) in [6.45, 7) is 0.301. The van der Waals surface area contributed by atoms with E-state index in [4.69, 9.17) is 21.1 Å². The molecule has 3 amide bonds. The van der Waals surface area contributed by atoms with Crippen molar-refractivity contribution in [1.82, 2.24) is 16.2 Å². The Bertz CT molecular complexity index is 750. The summed E-state index contributed by atoms with van der Waals surface area (Å²) >= 11 is 5.79. The number of hydrogen-bond acceptors (Lipinski definition) is 4. The van der Waals surface area contributed by atoms with E-state index in [1.54, 1.807) is 36.4 Å². The van der Waals surface area contributed by atoms with Crippen molar-refractivity contribution in [3.8, 4) is 11.5 Å². The number of rotatable bonds is 5. The summed E-state index contributed by atoms with van der Waals surface area (Å²) in [6.07, 6.45) is 0. The first kappa shape index (κ1) is 18.4. The second-order valence-electron chi connectivity index (χ2n) is 4.96. The molecule has 8 heteroatoms. The third-order valence-electron chi connectivity index (χ3n) is 3.30. The Morgan fingerprint density at radius 1 is 0.960 bits per heavy atom. The van der Waals surface area contributed by atoms with Crippen LogP contribution in [0.15, 0.2) is 42.5 Å². The number of carbonyl (C=O) groups excluding carboxylic acids is 2. The first-order valence-electron chi connectivity index (χ1n) is 7.34. The van der Waals surface area contributed by atoms with Gasteiger partial charge in [0.2, 0.25) is 0 Å². The highest BCUT2D eigenvalue weighted by atomic mass is 35.5. The van der Waals surface area contributed by atoms with Gasteiger partial charge < -0.3 is 14.8 Å². The molecule has 0 bridgehead atoms. The molecule has 2 rings (SSSR count). The summed E-state index contributed by atoms with van der Waals surface area (Å²) < 4.78 is 10.2. The van der Waals surface area contributed by atoms with Gasteiger partial charge in [0, 0.05) is 17.1 Å². The predicted octanol–water partition coefficient (Wildman–Crippen LogP) is 2.50. The third kappa shape index (κ3) is 5.29. The van der Waals surface area contributed by atoms with Gasteiger partial charge in [0.15, 0.2) is 11.5 Å². The average molecular weight is 364 g/mol. The number of carbonyl (C=O) groups is 2. The van der Waals surface area contributed by atoms with Crippen molar-refractivity contribution in [2.75, 3.05) is 14.2 Å². The van der Waals surface area contributed by atoms with Crippen molar-refractivity contribution in [3.05, 3.63) is 58.6 Å². The highest BCUT2D eigenvalue weighted by Crippen LogP contribution is 2.27. The van der Waals surface area contributed by atoms with E-state index in [1.807, 2.05) is 0 Å². The largest absolute Gasteiger partial charge is 0.493 e. The minimum Gasteiger partial charge on any atom is -0.493 e. The second kappa shape index (κ2) is 8.79. The molecule has 2 aromatic carbocycles. The maximum Gasteiger partial charge on any atom is 0.333 e. The highest BCUT2D eigenvalue weighted by molar-refractivity contribution is 6.30. The van der Waals surface area contributed by atoms with Gasteiger partial charge in [-0.1, -0.05) is 23.7 Å². The van der Waals surface area contributed by atoms with Crippen LogP contribution in [0.2, 0.25) is 5.02 Å². The van der Waals surface area contributed by atoms with Crippen LogP contribution in [0, 0.1) is 0 Å². The van der Waals surface area contributed by atoms with Crippen molar-refractivity contribution >= 4 is 23.5 Å². The number of methoxy groups -OCH3 is 2. The minimum atomic E-state index is -0.538. The van der Waals surface area contributed by atoms with Gasteiger partial charge in [-0.3, -0.25) is 10.2 Å². The molecule has 3 N–H and O–H groups in total. The number of hydrogen-bond donors (Lipinski definition) is 3. The lowest BCUT2D eigenvalue weighted by Crippen LogP contribution is -2.46. The van der Waals surface area contributed by atoms with Gasteiger partial charge in [0.05, 0.1) is 14.2 Å². The van der Waals surface area contributed by atoms with E-state index in [0.717, 1.165) is 5.56 Å². The van der Waals surface area contributed by atoms with Crippen LogP contribution < -0.4 is 25.6 Å². The molecule has 0 unspecified atom stereocenters. The third-order valence-corrected chi connectivity index (χ3v) is 3.55. The molecule has 0 atom stereocenters. The zero-order valence-electron chi connectivity index (χ0n) is 13.8. The number of nitrogens with one attached hydrogen (secondary N) is 3. The molecule has 2 aromatic rings. The fraction of sp³-hybridized carbons (Fsp3) is 0.176. The average Bonchev–Trinajstić information content (AvgIpc) is 2.64. The maximum atomic E-state index is 12.1. The van der Waals surface area contributed by atoms with Crippen LogP contribution in [0.1, 0.15) is 15.9 Å². The van der Waals surface area contributed by atoms with Gasteiger partial charge in [-0.2, -0.15) is 0 Å². The van der Waals surface area contributed by atoms with E-state index in [1.165, 1.54) is 20.3 Å². The van der Waals surface area contributed by atoms with Crippen molar-refractivity contribution in [2.24, 2.45) is 0 Å². The Labute approximate surface area is 150 Å². The van der Waals surface area contributed by atoms with E-state index >= 15 is 0 Å². The molecule has 0 aromatic heterocycles. The normalized spacial score (nSPS) is 9.88. The van der Waals surface area contributed by atoms with E-state index in [9.17, 15) is 9.59 Å². The standard InChI is InChI=1S/C17H18ClN3O4/c1-24-14-8-5-12(9-15(14)25-2)16(22)20-21-17(23)19-10-11-3-6-13(18)7-4-11/h3-9H,10H2,1-2H3,(H,20,22)(H2,19,21,23). The topological polar surface area (TPSA) is 88.7 Å². The van der Waals surface area contributed by atoms with Crippen LogP contribution in [0.25, 0.3) is 0 Å². The van der Waals surface area contributed by atoms with Crippen molar-refractivity contribution < 1.29 is 19.1 Å². The van der Waals surface area contributed by atoms with E-state index in [2.05, 4.69) is 16.2 Å². The number of benzene rings is 2. The van der Waals surface area contributed by atoms with E-state index in [0.29, 0.717) is 28.6 Å². The SMILES string of the molecule is COc1ccc(C(=O)NNC(=O)NCc2ccc(Cl)cc2)cc1OC. The lowest BCUT2D eigenvalue weighted by atomic mass is 10.2. The fourth-order valence-corrected chi connectivity index (χ4v) is 2.12. The van der Waals surface area contributed by atoms with Gasteiger partial charge in [-0.15, -0.1) is 0 Å². The molecule has 0 spiro atoms. The smallest absolute Gasteiger partial charge is 0.333 e. The summed E-state index contributed by atoms with van der Waals surface area (Å²) in [7, 11) is 2.98. The summed E-state index contributed by atoms with van der Waals surface area (Å²) in [5, 5.41) is 3.23. The van der Waals surface area contributed by atoms with Crippen molar-refractivity contribution in [2.45, 2.75) is 6.54 Å². The monoisotopic (exact) mass is 363 g/mol. The highest BCUT2D eigenvalue weighted by Gasteiger charge is 2.11.